The van der Waals surface area contributed by atoms with Gasteiger partial charge in [0.2, 0.25) is 0 Å². The van der Waals surface area contributed by atoms with E-state index in [2.05, 4.69) is 66.9 Å². The van der Waals surface area contributed by atoms with Crippen molar-refractivity contribution in [2.24, 2.45) is 10.7 Å². The van der Waals surface area contributed by atoms with Crippen LogP contribution < -0.4 is 16.4 Å². The van der Waals surface area contributed by atoms with E-state index in [1.165, 1.54) is 11.1 Å². The fourth-order valence-electron chi connectivity index (χ4n) is 3.53. The molecule has 0 amide bonds. The fourth-order valence-corrected chi connectivity index (χ4v) is 3.53. The number of anilines is 2. The first kappa shape index (κ1) is 18.3. The molecule has 1 heterocycles. The number of benzene rings is 3. The lowest BCUT2D eigenvalue weighted by Gasteiger charge is -2.37. The lowest BCUT2D eigenvalue weighted by molar-refractivity contribution is 0.685. The van der Waals surface area contributed by atoms with Gasteiger partial charge in [-0.1, -0.05) is 62.4 Å². The van der Waals surface area contributed by atoms with Crippen LogP contribution in [0.2, 0.25) is 0 Å². The second kappa shape index (κ2) is 7.49. The number of amidine groups is 1. The van der Waals surface area contributed by atoms with Gasteiger partial charge in [0.1, 0.15) is 0 Å². The van der Waals surface area contributed by atoms with Crippen molar-refractivity contribution in [2.45, 2.75) is 32.4 Å². The van der Waals surface area contributed by atoms with E-state index in [0.29, 0.717) is 5.84 Å². The average Bonchev–Trinajstić information content (AvgIpc) is 2.74. The van der Waals surface area contributed by atoms with Gasteiger partial charge in [-0.3, -0.25) is 5.73 Å². The Morgan fingerprint density at radius 3 is 2.39 bits per heavy atom. The maximum Gasteiger partial charge on any atom is 0.172 e. The number of nitrogens with two attached hydrogens (primary N) is 1. The molecule has 1 aliphatic heterocycles. The van der Waals surface area contributed by atoms with Crippen LogP contribution in [0.15, 0.2) is 77.8 Å². The predicted molar refractivity (Wildman–Crippen MR) is 118 cm³/mol. The molecular formula is C24H26N4. The molecule has 3 aromatic rings. The summed E-state index contributed by atoms with van der Waals surface area (Å²) < 4.78 is 0. The Bertz CT molecular complexity index is 1020. The molecule has 4 rings (SSSR count). The Labute approximate surface area is 166 Å². The van der Waals surface area contributed by atoms with E-state index in [0.717, 1.165) is 35.5 Å². The number of fused-ring (bicyclic) bond motifs is 1. The second-order valence-corrected chi connectivity index (χ2v) is 7.14. The maximum atomic E-state index is 6.98. The molecule has 0 saturated heterocycles. The van der Waals surface area contributed by atoms with Crippen molar-refractivity contribution in [2.75, 3.05) is 10.6 Å². The van der Waals surface area contributed by atoms with Crippen LogP contribution >= 0.6 is 0 Å². The summed E-state index contributed by atoms with van der Waals surface area (Å²) in [5.74, 6) is 0.688. The van der Waals surface area contributed by atoms with E-state index >= 15 is 0 Å². The van der Waals surface area contributed by atoms with Crippen molar-refractivity contribution in [1.82, 2.24) is 0 Å². The first-order valence-corrected chi connectivity index (χ1v) is 9.83. The van der Waals surface area contributed by atoms with Crippen molar-refractivity contribution in [3.05, 3.63) is 89.5 Å². The minimum Gasteiger partial charge on any atom is -0.356 e. The van der Waals surface area contributed by atoms with Crippen LogP contribution in [-0.2, 0) is 18.5 Å². The van der Waals surface area contributed by atoms with Gasteiger partial charge in [0.15, 0.2) is 11.5 Å². The molecule has 0 aromatic heterocycles. The molecular weight excluding hydrogens is 344 g/mol. The molecule has 0 spiro atoms. The fraction of sp³-hybridized carbons (Fsp3) is 0.208. The number of aryl methyl sites for hydroxylation is 2. The lowest BCUT2D eigenvalue weighted by atomic mass is 9.94. The third-order valence-corrected chi connectivity index (χ3v) is 5.23. The van der Waals surface area contributed by atoms with Crippen molar-refractivity contribution in [3.63, 3.8) is 0 Å². The SMILES string of the molecule is CCc1cccc(NC2=Nc3ccccc3NC2(N)c2cccc(CC)c2)c1. The number of nitrogens with zero attached hydrogens (tertiary/aromatic N) is 1. The summed E-state index contributed by atoms with van der Waals surface area (Å²) in [5, 5.41) is 7.01. The van der Waals surface area contributed by atoms with E-state index in [1.807, 2.05) is 30.3 Å². The highest BCUT2D eigenvalue weighted by Crippen LogP contribution is 2.36. The van der Waals surface area contributed by atoms with Gasteiger partial charge in [-0.05, 0) is 53.8 Å². The quantitative estimate of drug-likeness (QED) is 0.592. The molecule has 28 heavy (non-hydrogen) atoms. The van der Waals surface area contributed by atoms with Crippen molar-refractivity contribution < 1.29 is 0 Å². The number of hydrogen-bond acceptors (Lipinski definition) is 4. The first-order chi connectivity index (χ1) is 13.6. The molecule has 3 aromatic carbocycles. The predicted octanol–water partition coefficient (Wildman–Crippen LogP) is 5.19. The van der Waals surface area contributed by atoms with Crippen molar-refractivity contribution in [3.8, 4) is 0 Å². The third-order valence-electron chi connectivity index (χ3n) is 5.23. The summed E-state index contributed by atoms with van der Waals surface area (Å²) in [6.45, 7) is 4.30. The number of aliphatic imine (C=N–C) groups is 1. The molecule has 0 aliphatic carbocycles. The van der Waals surface area contributed by atoms with Crippen LogP contribution in [0.4, 0.5) is 17.1 Å². The minimum atomic E-state index is -0.943. The second-order valence-electron chi connectivity index (χ2n) is 7.14. The Morgan fingerprint density at radius 2 is 1.61 bits per heavy atom. The molecule has 0 radical (unpaired) electrons. The summed E-state index contributed by atoms with van der Waals surface area (Å²) in [4.78, 5) is 4.90. The highest BCUT2D eigenvalue weighted by Gasteiger charge is 2.37. The average molecular weight is 371 g/mol. The minimum absolute atomic E-state index is 0.688. The van der Waals surface area contributed by atoms with Crippen LogP contribution in [-0.4, -0.2) is 5.84 Å². The topological polar surface area (TPSA) is 62.4 Å². The standard InChI is InChI=1S/C24H26N4/c1-3-17-9-7-11-19(15-17)24(25)23(26-20-12-8-10-18(4-2)16-20)27-21-13-5-6-14-22(21)28-24/h5-16,28H,3-4,25H2,1-2H3,(H,26,27). The van der Waals surface area contributed by atoms with Crippen LogP contribution in [0.3, 0.4) is 0 Å². The third kappa shape index (κ3) is 3.39. The zero-order valence-electron chi connectivity index (χ0n) is 16.4. The van der Waals surface area contributed by atoms with Crippen LogP contribution in [0.25, 0.3) is 0 Å². The maximum absolute atomic E-state index is 6.98. The van der Waals surface area contributed by atoms with Gasteiger partial charge < -0.3 is 10.6 Å². The zero-order valence-corrected chi connectivity index (χ0v) is 16.4. The van der Waals surface area contributed by atoms with Gasteiger partial charge in [-0.25, -0.2) is 4.99 Å². The normalized spacial score (nSPS) is 18.0. The summed E-state index contributed by atoms with van der Waals surface area (Å²) >= 11 is 0. The molecule has 0 fully saturated rings. The van der Waals surface area contributed by atoms with Crippen LogP contribution in [0.5, 0.6) is 0 Å². The molecule has 1 unspecified atom stereocenters. The van der Waals surface area contributed by atoms with Crippen molar-refractivity contribution >= 4 is 22.9 Å². The Kier molecular flexibility index (Phi) is 4.88. The van der Waals surface area contributed by atoms with E-state index in [9.17, 15) is 0 Å². The van der Waals surface area contributed by atoms with Gasteiger partial charge in [-0.2, -0.15) is 0 Å². The number of nitrogens with one attached hydrogen (secondary N) is 2. The molecule has 4 N–H and O–H groups in total. The summed E-state index contributed by atoms with van der Waals surface area (Å²) in [7, 11) is 0. The molecule has 1 aliphatic rings. The Balaban J connectivity index is 1.81. The summed E-state index contributed by atoms with van der Waals surface area (Å²) in [5.41, 5.74) is 12.3. The Hall–Kier alpha value is -3.11. The Morgan fingerprint density at radius 1 is 0.893 bits per heavy atom. The lowest BCUT2D eigenvalue weighted by Crippen LogP contribution is -2.55. The van der Waals surface area contributed by atoms with Gasteiger partial charge >= 0.3 is 0 Å². The highest BCUT2D eigenvalue weighted by molar-refractivity contribution is 6.08. The zero-order chi connectivity index (χ0) is 19.6. The van der Waals surface area contributed by atoms with Crippen LogP contribution in [0, 0.1) is 0 Å². The first-order valence-electron chi connectivity index (χ1n) is 9.83. The molecule has 4 nitrogen and oxygen atoms in total. The molecule has 1 atom stereocenters. The van der Waals surface area contributed by atoms with E-state index in [-0.39, 0.29) is 0 Å². The number of hydrogen-bond donors (Lipinski definition) is 3. The molecule has 0 saturated carbocycles. The van der Waals surface area contributed by atoms with E-state index in [4.69, 9.17) is 10.7 Å². The van der Waals surface area contributed by atoms with Gasteiger partial charge in [0.25, 0.3) is 0 Å². The number of para-hydroxylation sites is 2. The highest BCUT2D eigenvalue weighted by atomic mass is 15.2. The summed E-state index contributed by atoms with van der Waals surface area (Å²) in [6, 6.07) is 24.8. The smallest absolute Gasteiger partial charge is 0.172 e. The molecule has 4 heteroatoms. The van der Waals surface area contributed by atoms with Crippen LogP contribution in [0.1, 0.15) is 30.5 Å². The molecule has 142 valence electrons. The largest absolute Gasteiger partial charge is 0.356 e. The van der Waals surface area contributed by atoms with Gasteiger partial charge in [0, 0.05) is 5.69 Å². The van der Waals surface area contributed by atoms with Gasteiger partial charge in [-0.15, -0.1) is 0 Å². The number of rotatable bonds is 4. The van der Waals surface area contributed by atoms with E-state index < -0.39 is 5.66 Å². The van der Waals surface area contributed by atoms with E-state index in [1.54, 1.807) is 0 Å². The van der Waals surface area contributed by atoms with Gasteiger partial charge in [0.05, 0.1) is 11.4 Å². The molecule has 0 bridgehead atoms. The van der Waals surface area contributed by atoms with Crippen molar-refractivity contribution in [1.29, 1.82) is 0 Å². The monoisotopic (exact) mass is 370 g/mol. The summed E-state index contributed by atoms with van der Waals surface area (Å²) in [6.07, 6.45) is 1.94.